The quantitative estimate of drug-likeness (QED) is 0.810. The number of ether oxygens (including phenoxy) is 1. The van der Waals surface area contributed by atoms with E-state index in [9.17, 15) is 9.59 Å². The summed E-state index contributed by atoms with van der Waals surface area (Å²) in [5.74, 6) is -1.23. The Hall–Kier alpha value is -1.88. The van der Waals surface area contributed by atoms with Crippen LogP contribution in [0.2, 0.25) is 0 Å². The summed E-state index contributed by atoms with van der Waals surface area (Å²) in [7, 11) is 1.70. The van der Waals surface area contributed by atoms with E-state index in [2.05, 4.69) is 5.32 Å². The molecule has 0 saturated heterocycles. The van der Waals surface area contributed by atoms with Crippen molar-refractivity contribution in [2.45, 2.75) is 39.0 Å². The Bertz CT molecular complexity index is 576. The minimum atomic E-state index is -1.02. The number of carbonyl (C=O) groups excluding carboxylic acids is 1. The number of aryl methyl sites for hydroxylation is 1. The standard InChI is InChI=1S/C18H25NO4/c1-13-9-14(11-15(10-13)17(21)22)16(20)19-12-18(7-8-23-2)5-3-4-6-18/h9-11H,3-8,12H2,1-2H3,(H,19,20)(H,21,22). The molecular formula is C18H25NO4. The molecule has 1 aliphatic carbocycles. The number of aromatic carboxylic acids is 1. The number of carbonyl (C=O) groups is 2. The lowest BCUT2D eigenvalue weighted by molar-refractivity contribution is 0.0696. The van der Waals surface area contributed by atoms with Crippen molar-refractivity contribution < 1.29 is 19.4 Å². The van der Waals surface area contributed by atoms with Crippen LogP contribution in [-0.2, 0) is 4.74 Å². The van der Waals surface area contributed by atoms with Crippen molar-refractivity contribution in [3.8, 4) is 0 Å². The lowest BCUT2D eigenvalue weighted by Crippen LogP contribution is -2.36. The lowest BCUT2D eigenvalue weighted by Gasteiger charge is -2.29. The van der Waals surface area contributed by atoms with Crippen LogP contribution in [0.4, 0.5) is 0 Å². The molecule has 126 valence electrons. The van der Waals surface area contributed by atoms with Gasteiger partial charge in [-0.05, 0) is 55.4 Å². The van der Waals surface area contributed by atoms with Crippen LogP contribution in [-0.4, -0.2) is 37.2 Å². The second-order valence-corrected chi connectivity index (χ2v) is 6.53. The average Bonchev–Trinajstić information content (AvgIpc) is 2.99. The molecule has 1 saturated carbocycles. The van der Waals surface area contributed by atoms with Crippen molar-refractivity contribution in [1.82, 2.24) is 5.32 Å². The second kappa shape index (κ2) is 7.59. The highest BCUT2D eigenvalue weighted by atomic mass is 16.5. The molecule has 0 spiro atoms. The molecule has 5 heteroatoms. The maximum Gasteiger partial charge on any atom is 0.335 e. The molecule has 23 heavy (non-hydrogen) atoms. The Morgan fingerprint density at radius 1 is 1.22 bits per heavy atom. The normalized spacial score (nSPS) is 16.3. The number of rotatable bonds is 7. The topological polar surface area (TPSA) is 75.6 Å². The van der Waals surface area contributed by atoms with Gasteiger partial charge < -0.3 is 15.2 Å². The Labute approximate surface area is 137 Å². The van der Waals surface area contributed by atoms with Gasteiger partial charge in [0.15, 0.2) is 0 Å². The van der Waals surface area contributed by atoms with Crippen LogP contribution in [0.5, 0.6) is 0 Å². The first-order valence-electron chi connectivity index (χ1n) is 8.08. The van der Waals surface area contributed by atoms with E-state index < -0.39 is 5.97 Å². The zero-order valence-electron chi connectivity index (χ0n) is 13.9. The van der Waals surface area contributed by atoms with Gasteiger partial charge in [-0.2, -0.15) is 0 Å². The van der Waals surface area contributed by atoms with Crippen molar-refractivity contribution in [1.29, 1.82) is 0 Å². The molecule has 1 aromatic rings. The van der Waals surface area contributed by atoms with Crippen LogP contribution in [0.25, 0.3) is 0 Å². The zero-order chi connectivity index (χ0) is 16.9. The Morgan fingerprint density at radius 3 is 2.48 bits per heavy atom. The first-order valence-corrected chi connectivity index (χ1v) is 8.08. The summed E-state index contributed by atoms with van der Waals surface area (Å²) in [6.45, 7) is 3.11. The average molecular weight is 319 g/mol. The van der Waals surface area contributed by atoms with E-state index in [-0.39, 0.29) is 16.9 Å². The summed E-state index contributed by atoms with van der Waals surface area (Å²) < 4.78 is 5.20. The molecule has 1 fully saturated rings. The maximum absolute atomic E-state index is 12.4. The Balaban J connectivity index is 2.05. The smallest absolute Gasteiger partial charge is 0.335 e. The molecule has 5 nitrogen and oxygen atoms in total. The van der Waals surface area contributed by atoms with Gasteiger partial charge in [0.25, 0.3) is 5.91 Å². The third kappa shape index (κ3) is 4.55. The number of methoxy groups -OCH3 is 1. The lowest BCUT2D eigenvalue weighted by atomic mass is 9.83. The second-order valence-electron chi connectivity index (χ2n) is 6.53. The largest absolute Gasteiger partial charge is 0.478 e. The maximum atomic E-state index is 12.4. The molecule has 0 atom stereocenters. The monoisotopic (exact) mass is 319 g/mol. The summed E-state index contributed by atoms with van der Waals surface area (Å²) in [6, 6.07) is 4.72. The molecule has 1 amide bonds. The fourth-order valence-electron chi connectivity index (χ4n) is 3.37. The highest BCUT2D eigenvalue weighted by Gasteiger charge is 2.33. The SMILES string of the molecule is COCCC1(CNC(=O)c2cc(C)cc(C(=O)O)c2)CCCC1. The van der Waals surface area contributed by atoms with Gasteiger partial charge in [0.1, 0.15) is 0 Å². The highest BCUT2D eigenvalue weighted by Crippen LogP contribution is 2.40. The van der Waals surface area contributed by atoms with Gasteiger partial charge in [-0.3, -0.25) is 4.79 Å². The van der Waals surface area contributed by atoms with E-state index in [1.54, 1.807) is 26.2 Å². The minimum absolute atomic E-state index is 0.116. The zero-order valence-corrected chi connectivity index (χ0v) is 13.9. The van der Waals surface area contributed by atoms with Crippen LogP contribution in [0, 0.1) is 12.3 Å². The molecule has 0 heterocycles. The van der Waals surface area contributed by atoms with Gasteiger partial charge in [0, 0.05) is 25.8 Å². The summed E-state index contributed by atoms with van der Waals surface area (Å²) in [6.07, 6.45) is 5.52. The van der Waals surface area contributed by atoms with Gasteiger partial charge in [-0.1, -0.05) is 12.8 Å². The molecule has 0 aromatic heterocycles. The van der Waals surface area contributed by atoms with Crippen LogP contribution >= 0.6 is 0 Å². The van der Waals surface area contributed by atoms with Crippen molar-refractivity contribution >= 4 is 11.9 Å². The highest BCUT2D eigenvalue weighted by molar-refractivity contribution is 5.97. The van der Waals surface area contributed by atoms with Gasteiger partial charge >= 0.3 is 5.97 Å². The van der Waals surface area contributed by atoms with E-state index in [4.69, 9.17) is 9.84 Å². The third-order valence-corrected chi connectivity index (χ3v) is 4.71. The Kier molecular flexibility index (Phi) is 5.77. The fraction of sp³-hybridized carbons (Fsp3) is 0.556. The molecule has 2 N–H and O–H groups in total. The van der Waals surface area contributed by atoms with E-state index >= 15 is 0 Å². The van der Waals surface area contributed by atoms with E-state index in [1.807, 2.05) is 0 Å². The summed E-state index contributed by atoms with van der Waals surface area (Å²) in [4.78, 5) is 23.5. The van der Waals surface area contributed by atoms with Crippen molar-refractivity contribution in [3.05, 3.63) is 34.9 Å². The molecule has 0 bridgehead atoms. The third-order valence-electron chi connectivity index (χ3n) is 4.71. The van der Waals surface area contributed by atoms with E-state index in [0.29, 0.717) is 18.7 Å². The number of hydrogen-bond donors (Lipinski definition) is 2. The molecule has 0 unspecified atom stereocenters. The number of carboxylic acids is 1. The molecule has 0 radical (unpaired) electrons. The Morgan fingerprint density at radius 2 is 1.87 bits per heavy atom. The number of nitrogens with one attached hydrogen (secondary N) is 1. The van der Waals surface area contributed by atoms with Gasteiger partial charge in [0.05, 0.1) is 5.56 Å². The number of benzene rings is 1. The predicted octanol–water partition coefficient (Wildman–Crippen LogP) is 3.02. The van der Waals surface area contributed by atoms with E-state index in [1.165, 1.54) is 18.9 Å². The van der Waals surface area contributed by atoms with Crippen LogP contribution in [0.1, 0.15) is 58.4 Å². The molecule has 0 aliphatic heterocycles. The van der Waals surface area contributed by atoms with Crippen molar-refractivity contribution in [3.63, 3.8) is 0 Å². The van der Waals surface area contributed by atoms with E-state index in [0.717, 1.165) is 24.8 Å². The van der Waals surface area contributed by atoms with Gasteiger partial charge in [-0.15, -0.1) is 0 Å². The van der Waals surface area contributed by atoms with Crippen LogP contribution in [0.3, 0.4) is 0 Å². The number of hydrogen-bond acceptors (Lipinski definition) is 3. The molecule has 1 aliphatic rings. The van der Waals surface area contributed by atoms with Crippen molar-refractivity contribution in [2.75, 3.05) is 20.3 Å². The van der Waals surface area contributed by atoms with Crippen LogP contribution < -0.4 is 5.32 Å². The predicted molar refractivity (Wildman–Crippen MR) is 87.9 cm³/mol. The first-order chi connectivity index (χ1) is 11.0. The molecule has 2 rings (SSSR count). The summed E-state index contributed by atoms with van der Waals surface area (Å²) >= 11 is 0. The first kappa shape index (κ1) is 17.5. The minimum Gasteiger partial charge on any atom is -0.478 e. The fourth-order valence-corrected chi connectivity index (χ4v) is 3.37. The number of amides is 1. The van der Waals surface area contributed by atoms with Gasteiger partial charge in [-0.25, -0.2) is 4.79 Å². The van der Waals surface area contributed by atoms with Crippen LogP contribution in [0.15, 0.2) is 18.2 Å². The molecular weight excluding hydrogens is 294 g/mol. The molecule has 1 aromatic carbocycles. The van der Waals surface area contributed by atoms with Crippen molar-refractivity contribution in [2.24, 2.45) is 5.41 Å². The van der Waals surface area contributed by atoms with Gasteiger partial charge in [0.2, 0.25) is 0 Å². The number of carboxylic acid groups (broad SMARTS) is 1. The summed E-state index contributed by atoms with van der Waals surface area (Å²) in [5.41, 5.74) is 1.43. The summed E-state index contributed by atoms with van der Waals surface area (Å²) in [5, 5.41) is 12.1.